The smallest absolute Gasteiger partial charge is 0.308 e. The quantitative estimate of drug-likeness (QED) is 0.841. The molecule has 1 aromatic carbocycles. The maximum absolute atomic E-state index is 12.3. The molecule has 2 rings (SSSR count). The van der Waals surface area contributed by atoms with Crippen molar-refractivity contribution in [2.24, 2.45) is 5.92 Å². The normalized spacial score (nSPS) is 13.0. The van der Waals surface area contributed by atoms with Gasteiger partial charge in [0, 0.05) is 6.07 Å². The molecule has 0 aliphatic rings. The highest BCUT2D eigenvalue weighted by atomic mass is 16.5. The number of benzene rings is 1. The van der Waals surface area contributed by atoms with Gasteiger partial charge in [0.25, 0.3) is 5.91 Å². The van der Waals surface area contributed by atoms with Crippen LogP contribution in [0.4, 0.5) is 0 Å². The van der Waals surface area contributed by atoms with Crippen molar-refractivity contribution in [3.63, 3.8) is 0 Å². The summed E-state index contributed by atoms with van der Waals surface area (Å²) in [5.74, 6) is -2.00. The molecule has 1 heterocycles. The molecular formula is C16H17N3O4. The number of carbonyl (C=O) groups is 2. The van der Waals surface area contributed by atoms with Crippen molar-refractivity contribution in [1.29, 1.82) is 0 Å². The first-order valence-corrected chi connectivity index (χ1v) is 6.99. The van der Waals surface area contributed by atoms with Crippen LogP contribution >= 0.6 is 0 Å². The van der Waals surface area contributed by atoms with Crippen molar-refractivity contribution < 1.29 is 19.4 Å². The van der Waals surface area contributed by atoms with Crippen LogP contribution in [0.1, 0.15) is 29.0 Å². The lowest BCUT2D eigenvalue weighted by atomic mass is 9.94. The number of methoxy groups -OCH3 is 1. The zero-order valence-electron chi connectivity index (χ0n) is 12.8. The summed E-state index contributed by atoms with van der Waals surface area (Å²) in [5, 5.41) is 19.5. The molecule has 0 aliphatic carbocycles. The summed E-state index contributed by atoms with van der Waals surface area (Å²) < 4.78 is 4.89. The molecule has 0 spiro atoms. The van der Waals surface area contributed by atoms with Crippen LogP contribution in [0.5, 0.6) is 5.88 Å². The molecule has 0 fully saturated rings. The Hall–Kier alpha value is -2.96. The van der Waals surface area contributed by atoms with E-state index >= 15 is 0 Å². The molecule has 0 aliphatic heterocycles. The number of rotatable bonds is 6. The number of carboxylic acids is 1. The minimum atomic E-state index is -1.00. The number of nitrogens with zero attached hydrogens (tertiary/aromatic N) is 2. The molecule has 1 aromatic heterocycles. The van der Waals surface area contributed by atoms with Crippen molar-refractivity contribution in [2.45, 2.75) is 13.0 Å². The molecule has 23 heavy (non-hydrogen) atoms. The fourth-order valence-corrected chi connectivity index (χ4v) is 2.07. The minimum Gasteiger partial charge on any atom is -0.481 e. The van der Waals surface area contributed by atoms with Gasteiger partial charge in [0.1, 0.15) is 0 Å². The molecule has 2 atom stereocenters. The first-order chi connectivity index (χ1) is 11.0. The van der Waals surface area contributed by atoms with Gasteiger partial charge in [-0.2, -0.15) is 0 Å². The Labute approximate surface area is 133 Å². The first kappa shape index (κ1) is 16.4. The van der Waals surface area contributed by atoms with Crippen molar-refractivity contribution in [1.82, 2.24) is 15.5 Å². The van der Waals surface area contributed by atoms with Crippen molar-refractivity contribution in [3.05, 3.63) is 53.7 Å². The summed E-state index contributed by atoms with van der Waals surface area (Å²) in [5.41, 5.74) is 0.793. The van der Waals surface area contributed by atoms with Gasteiger partial charge >= 0.3 is 5.97 Å². The first-order valence-electron chi connectivity index (χ1n) is 6.99. The van der Waals surface area contributed by atoms with Gasteiger partial charge in [-0.05, 0) is 18.6 Å². The molecule has 0 saturated carbocycles. The predicted octanol–water partition coefficient (Wildman–Crippen LogP) is 1.68. The Morgan fingerprint density at radius 1 is 1.13 bits per heavy atom. The van der Waals surface area contributed by atoms with E-state index in [2.05, 4.69) is 15.5 Å². The van der Waals surface area contributed by atoms with Crippen LogP contribution in [0.2, 0.25) is 0 Å². The van der Waals surface area contributed by atoms with Crippen LogP contribution in [0.25, 0.3) is 0 Å². The summed E-state index contributed by atoms with van der Waals surface area (Å²) >= 11 is 0. The third-order valence-electron chi connectivity index (χ3n) is 3.42. The number of nitrogens with one attached hydrogen (secondary N) is 1. The molecular weight excluding hydrogens is 298 g/mol. The average molecular weight is 315 g/mol. The molecule has 1 amide bonds. The Morgan fingerprint density at radius 2 is 1.83 bits per heavy atom. The van der Waals surface area contributed by atoms with E-state index in [1.165, 1.54) is 19.2 Å². The standard InChI is InChI=1S/C16H17N3O4/c1-10(16(21)22)14(11-6-4-3-5-7-11)17-15(20)12-8-9-13(23-2)19-18-12/h3-10,14H,1-2H3,(H,17,20)(H,21,22). The summed E-state index contributed by atoms with van der Waals surface area (Å²) in [6.45, 7) is 1.54. The van der Waals surface area contributed by atoms with Crippen LogP contribution < -0.4 is 10.1 Å². The lowest BCUT2D eigenvalue weighted by molar-refractivity contribution is -0.142. The van der Waals surface area contributed by atoms with Crippen molar-refractivity contribution in [3.8, 4) is 5.88 Å². The fraction of sp³-hybridized carbons (Fsp3) is 0.250. The van der Waals surface area contributed by atoms with Gasteiger partial charge < -0.3 is 15.2 Å². The van der Waals surface area contributed by atoms with E-state index in [4.69, 9.17) is 4.74 Å². The van der Waals surface area contributed by atoms with Crippen LogP contribution in [-0.4, -0.2) is 34.3 Å². The summed E-state index contributed by atoms with van der Waals surface area (Å²) in [4.78, 5) is 23.6. The molecule has 7 heteroatoms. The summed E-state index contributed by atoms with van der Waals surface area (Å²) in [7, 11) is 1.45. The number of amides is 1. The van der Waals surface area contributed by atoms with Crippen molar-refractivity contribution in [2.75, 3.05) is 7.11 Å². The Balaban J connectivity index is 2.22. The fourth-order valence-electron chi connectivity index (χ4n) is 2.07. The van der Waals surface area contributed by atoms with Gasteiger partial charge in [-0.25, -0.2) is 0 Å². The summed E-state index contributed by atoms with van der Waals surface area (Å²) in [6, 6.07) is 11.2. The number of hydrogen-bond acceptors (Lipinski definition) is 5. The largest absolute Gasteiger partial charge is 0.481 e. The van der Waals surface area contributed by atoms with Gasteiger partial charge in [-0.1, -0.05) is 30.3 Å². The van der Waals surface area contributed by atoms with Crippen molar-refractivity contribution >= 4 is 11.9 Å². The number of aliphatic carboxylic acids is 1. The molecule has 120 valence electrons. The van der Waals surface area contributed by atoms with E-state index in [0.717, 1.165) is 0 Å². The molecule has 2 N–H and O–H groups in total. The number of carboxylic acid groups (broad SMARTS) is 1. The highest BCUT2D eigenvalue weighted by Crippen LogP contribution is 2.22. The number of ether oxygens (including phenoxy) is 1. The zero-order chi connectivity index (χ0) is 16.8. The lowest BCUT2D eigenvalue weighted by Crippen LogP contribution is -2.36. The van der Waals surface area contributed by atoms with E-state index in [-0.39, 0.29) is 5.69 Å². The average Bonchev–Trinajstić information content (AvgIpc) is 2.59. The predicted molar refractivity (Wildman–Crippen MR) is 82.0 cm³/mol. The van der Waals surface area contributed by atoms with Gasteiger partial charge in [0.05, 0.1) is 19.1 Å². The van der Waals surface area contributed by atoms with Crippen LogP contribution in [0, 0.1) is 5.92 Å². The van der Waals surface area contributed by atoms with E-state index in [1.54, 1.807) is 31.2 Å². The van der Waals surface area contributed by atoms with Gasteiger partial charge in [0.2, 0.25) is 5.88 Å². The van der Waals surface area contributed by atoms with Gasteiger partial charge in [-0.15, -0.1) is 10.2 Å². The number of hydrogen-bond donors (Lipinski definition) is 2. The van der Waals surface area contributed by atoms with E-state index in [1.807, 2.05) is 6.07 Å². The number of carbonyl (C=O) groups excluding carboxylic acids is 1. The highest BCUT2D eigenvalue weighted by molar-refractivity contribution is 5.92. The Morgan fingerprint density at radius 3 is 2.35 bits per heavy atom. The highest BCUT2D eigenvalue weighted by Gasteiger charge is 2.27. The van der Waals surface area contributed by atoms with E-state index in [0.29, 0.717) is 11.4 Å². The van der Waals surface area contributed by atoms with E-state index < -0.39 is 23.8 Å². The third kappa shape index (κ3) is 4.03. The summed E-state index contributed by atoms with van der Waals surface area (Å²) in [6.07, 6.45) is 0. The monoisotopic (exact) mass is 315 g/mol. The zero-order valence-corrected chi connectivity index (χ0v) is 12.8. The SMILES string of the molecule is COc1ccc(C(=O)NC(c2ccccc2)C(C)C(=O)O)nn1. The third-order valence-corrected chi connectivity index (χ3v) is 3.42. The second-order valence-corrected chi connectivity index (χ2v) is 4.95. The van der Waals surface area contributed by atoms with Gasteiger partial charge in [0.15, 0.2) is 5.69 Å². The second-order valence-electron chi connectivity index (χ2n) is 4.95. The minimum absolute atomic E-state index is 0.0873. The Bertz CT molecular complexity index is 673. The molecule has 0 saturated heterocycles. The maximum atomic E-state index is 12.3. The molecule has 7 nitrogen and oxygen atoms in total. The molecule has 0 bridgehead atoms. The van der Waals surface area contributed by atoms with E-state index in [9.17, 15) is 14.7 Å². The van der Waals surface area contributed by atoms with Gasteiger partial charge in [-0.3, -0.25) is 9.59 Å². The Kier molecular flexibility index (Phi) is 5.24. The lowest BCUT2D eigenvalue weighted by Gasteiger charge is -2.22. The maximum Gasteiger partial charge on any atom is 0.308 e. The second kappa shape index (κ2) is 7.35. The van der Waals surface area contributed by atoms with Crippen LogP contribution in [0.3, 0.4) is 0 Å². The number of aromatic nitrogens is 2. The molecule has 0 radical (unpaired) electrons. The molecule has 2 unspecified atom stereocenters. The molecule has 2 aromatic rings. The topological polar surface area (TPSA) is 101 Å². The van der Waals surface area contributed by atoms with Crippen LogP contribution in [-0.2, 0) is 4.79 Å². The van der Waals surface area contributed by atoms with Crippen LogP contribution in [0.15, 0.2) is 42.5 Å².